The number of hydrogen-bond acceptors (Lipinski definition) is 2. The average Bonchev–Trinajstić information content (AvgIpc) is 2.85. The van der Waals surface area contributed by atoms with Crippen molar-refractivity contribution in [1.29, 1.82) is 0 Å². The van der Waals surface area contributed by atoms with Gasteiger partial charge in [-0.2, -0.15) is 0 Å². The SMILES string of the molecule is CCC(C)NC1CCN(C2CCCC2)C1. The second-order valence-corrected chi connectivity index (χ2v) is 5.39. The second-order valence-electron chi connectivity index (χ2n) is 5.39. The normalized spacial score (nSPS) is 31.2. The maximum Gasteiger partial charge on any atom is 0.0209 e. The van der Waals surface area contributed by atoms with Gasteiger partial charge >= 0.3 is 0 Å². The molecule has 1 aliphatic carbocycles. The zero-order chi connectivity index (χ0) is 10.7. The highest BCUT2D eigenvalue weighted by molar-refractivity contribution is 4.88. The summed E-state index contributed by atoms with van der Waals surface area (Å²) in [5.74, 6) is 0. The molecule has 1 N–H and O–H groups in total. The van der Waals surface area contributed by atoms with E-state index in [2.05, 4.69) is 24.1 Å². The fourth-order valence-electron chi connectivity index (χ4n) is 3.04. The third kappa shape index (κ3) is 2.94. The number of rotatable bonds is 4. The summed E-state index contributed by atoms with van der Waals surface area (Å²) in [6.45, 7) is 7.20. The van der Waals surface area contributed by atoms with Crippen LogP contribution in [0.1, 0.15) is 52.4 Å². The zero-order valence-corrected chi connectivity index (χ0v) is 10.3. The number of nitrogens with zero attached hydrogens (tertiary/aromatic N) is 1. The van der Waals surface area contributed by atoms with E-state index in [0.29, 0.717) is 6.04 Å². The van der Waals surface area contributed by atoms with Crippen LogP contribution in [0.25, 0.3) is 0 Å². The molecule has 1 aliphatic heterocycles. The van der Waals surface area contributed by atoms with Gasteiger partial charge in [-0.05, 0) is 32.6 Å². The Balaban J connectivity index is 1.74. The van der Waals surface area contributed by atoms with Gasteiger partial charge in [0.2, 0.25) is 0 Å². The Kier molecular flexibility index (Phi) is 4.04. The van der Waals surface area contributed by atoms with Crippen LogP contribution in [0.15, 0.2) is 0 Å². The molecule has 2 fully saturated rings. The molecule has 2 rings (SSSR count). The van der Waals surface area contributed by atoms with E-state index in [1.54, 1.807) is 0 Å². The first-order chi connectivity index (χ1) is 7.29. The molecule has 0 aromatic carbocycles. The van der Waals surface area contributed by atoms with E-state index in [0.717, 1.165) is 12.1 Å². The van der Waals surface area contributed by atoms with Gasteiger partial charge in [-0.3, -0.25) is 4.90 Å². The summed E-state index contributed by atoms with van der Waals surface area (Å²) in [5.41, 5.74) is 0. The highest BCUT2D eigenvalue weighted by Gasteiger charge is 2.29. The number of hydrogen-bond donors (Lipinski definition) is 1. The molecule has 0 spiro atoms. The molecule has 2 nitrogen and oxygen atoms in total. The lowest BCUT2D eigenvalue weighted by Crippen LogP contribution is -2.40. The van der Waals surface area contributed by atoms with E-state index in [1.807, 2.05) is 0 Å². The van der Waals surface area contributed by atoms with E-state index >= 15 is 0 Å². The van der Waals surface area contributed by atoms with Gasteiger partial charge in [-0.1, -0.05) is 19.8 Å². The zero-order valence-electron chi connectivity index (χ0n) is 10.3. The molecule has 2 atom stereocenters. The molecule has 0 aromatic rings. The van der Waals surface area contributed by atoms with Crippen LogP contribution in [-0.2, 0) is 0 Å². The summed E-state index contributed by atoms with van der Waals surface area (Å²) in [5, 5.41) is 3.74. The van der Waals surface area contributed by atoms with Crippen molar-refractivity contribution in [1.82, 2.24) is 10.2 Å². The smallest absolute Gasteiger partial charge is 0.0209 e. The average molecular weight is 210 g/mol. The Labute approximate surface area is 94.4 Å². The van der Waals surface area contributed by atoms with E-state index in [-0.39, 0.29) is 0 Å². The van der Waals surface area contributed by atoms with E-state index in [9.17, 15) is 0 Å². The molecule has 2 aliphatic rings. The quantitative estimate of drug-likeness (QED) is 0.766. The van der Waals surface area contributed by atoms with E-state index in [1.165, 1.54) is 51.6 Å². The summed E-state index contributed by atoms with van der Waals surface area (Å²) in [6, 6.07) is 2.38. The molecule has 1 saturated heterocycles. The topological polar surface area (TPSA) is 15.3 Å². The number of nitrogens with one attached hydrogen (secondary N) is 1. The molecule has 1 saturated carbocycles. The molecule has 0 bridgehead atoms. The third-order valence-corrected chi connectivity index (χ3v) is 4.19. The summed E-state index contributed by atoms with van der Waals surface area (Å²) < 4.78 is 0. The van der Waals surface area contributed by atoms with Crippen LogP contribution in [0.3, 0.4) is 0 Å². The van der Waals surface area contributed by atoms with Crippen molar-refractivity contribution in [2.75, 3.05) is 13.1 Å². The summed E-state index contributed by atoms with van der Waals surface area (Å²) >= 11 is 0. The lowest BCUT2D eigenvalue weighted by Gasteiger charge is -2.24. The molecular weight excluding hydrogens is 184 g/mol. The van der Waals surface area contributed by atoms with Gasteiger partial charge in [-0.15, -0.1) is 0 Å². The molecule has 0 aromatic heterocycles. The summed E-state index contributed by atoms with van der Waals surface area (Å²) in [6.07, 6.45) is 8.45. The second kappa shape index (κ2) is 5.31. The Morgan fingerprint density at radius 3 is 2.67 bits per heavy atom. The Morgan fingerprint density at radius 2 is 2.00 bits per heavy atom. The molecule has 2 heteroatoms. The molecule has 15 heavy (non-hydrogen) atoms. The van der Waals surface area contributed by atoms with Gasteiger partial charge in [-0.25, -0.2) is 0 Å². The molecule has 2 unspecified atom stereocenters. The van der Waals surface area contributed by atoms with E-state index < -0.39 is 0 Å². The van der Waals surface area contributed by atoms with Gasteiger partial charge in [0.1, 0.15) is 0 Å². The van der Waals surface area contributed by atoms with Crippen molar-refractivity contribution in [3.05, 3.63) is 0 Å². The van der Waals surface area contributed by atoms with Crippen LogP contribution in [0.2, 0.25) is 0 Å². The molecule has 0 amide bonds. The van der Waals surface area contributed by atoms with Crippen LogP contribution < -0.4 is 5.32 Å². The fraction of sp³-hybridized carbons (Fsp3) is 1.00. The lowest BCUT2D eigenvalue weighted by molar-refractivity contribution is 0.238. The van der Waals surface area contributed by atoms with Crippen LogP contribution in [-0.4, -0.2) is 36.1 Å². The first-order valence-corrected chi connectivity index (χ1v) is 6.79. The minimum Gasteiger partial charge on any atom is -0.310 e. The van der Waals surface area contributed by atoms with E-state index in [4.69, 9.17) is 0 Å². The van der Waals surface area contributed by atoms with Crippen molar-refractivity contribution in [2.45, 2.75) is 70.5 Å². The highest BCUT2D eigenvalue weighted by atomic mass is 15.2. The molecule has 88 valence electrons. The van der Waals surface area contributed by atoms with Crippen LogP contribution in [0.4, 0.5) is 0 Å². The highest BCUT2D eigenvalue weighted by Crippen LogP contribution is 2.26. The summed E-state index contributed by atoms with van der Waals surface area (Å²) in [4.78, 5) is 2.73. The standard InChI is InChI=1S/C13H26N2/c1-3-11(2)14-12-8-9-15(10-12)13-6-4-5-7-13/h11-14H,3-10H2,1-2H3. The van der Waals surface area contributed by atoms with Crippen LogP contribution >= 0.6 is 0 Å². The van der Waals surface area contributed by atoms with Gasteiger partial charge in [0, 0.05) is 31.2 Å². The monoisotopic (exact) mass is 210 g/mol. The minimum absolute atomic E-state index is 0.693. The van der Waals surface area contributed by atoms with Crippen molar-refractivity contribution in [3.8, 4) is 0 Å². The lowest BCUT2D eigenvalue weighted by atomic mass is 10.2. The summed E-state index contributed by atoms with van der Waals surface area (Å²) in [7, 11) is 0. The van der Waals surface area contributed by atoms with Crippen LogP contribution in [0, 0.1) is 0 Å². The van der Waals surface area contributed by atoms with Gasteiger partial charge < -0.3 is 5.32 Å². The molecule has 1 heterocycles. The van der Waals surface area contributed by atoms with Gasteiger partial charge in [0.25, 0.3) is 0 Å². The molecular formula is C13H26N2. The van der Waals surface area contributed by atoms with Gasteiger partial charge in [0.15, 0.2) is 0 Å². The van der Waals surface area contributed by atoms with Crippen molar-refractivity contribution < 1.29 is 0 Å². The molecule has 0 radical (unpaired) electrons. The predicted octanol–water partition coefficient (Wildman–Crippen LogP) is 2.39. The largest absolute Gasteiger partial charge is 0.310 e. The first kappa shape index (κ1) is 11.4. The Hall–Kier alpha value is -0.0800. The predicted molar refractivity (Wildman–Crippen MR) is 65.1 cm³/mol. The maximum atomic E-state index is 3.74. The maximum absolute atomic E-state index is 3.74. The van der Waals surface area contributed by atoms with Crippen molar-refractivity contribution >= 4 is 0 Å². The fourth-order valence-corrected chi connectivity index (χ4v) is 3.04. The Bertz CT molecular complexity index is 187. The number of likely N-dealkylation sites (tertiary alicyclic amines) is 1. The first-order valence-electron chi connectivity index (χ1n) is 6.79. The van der Waals surface area contributed by atoms with Crippen molar-refractivity contribution in [2.24, 2.45) is 0 Å². The van der Waals surface area contributed by atoms with Gasteiger partial charge in [0.05, 0.1) is 0 Å². The Morgan fingerprint density at radius 1 is 1.27 bits per heavy atom. The van der Waals surface area contributed by atoms with Crippen LogP contribution in [0.5, 0.6) is 0 Å². The third-order valence-electron chi connectivity index (χ3n) is 4.19. The minimum atomic E-state index is 0.693. The van der Waals surface area contributed by atoms with Crippen molar-refractivity contribution in [3.63, 3.8) is 0 Å².